The monoisotopic (exact) mass is 283 g/mol. The predicted octanol–water partition coefficient (Wildman–Crippen LogP) is 4.38. The minimum Gasteiger partial charge on any atom is -0.381 e. The Balaban J connectivity index is 1.70. The van der Waals surface area contributed by atoms with Gasteiger partial charge in [0.2, 0.25) is 0 Å². The maximum absolute atomic E-state index is 13.3. The molecule has 1 aliphatic heterocycles. The van der Waals surface area contributed by atoms with E-state index in [9.17, 15) is 4.39 Å². The van der Waals surface area contributed by atoms with Crippen LogP contribution in [0, 0.1) is 5.82 Å². The molecule has 104 valence electrons. The minimum atomic E-state index is -0.255. The highest BCUT2D eigenvalue weighted by molar-refractivity contribution is 6.33. The third-order valence-electron chi connectivity index (χ3n) is 4.30. The Morgan fingerprint density at radius 2 is 2.11 bits per heavy atom. The molecule has 1 N–H and O–H groups in total. The SMILES string of the molecule is Fc1ccc(Cl)c(NC2CCOC3(CCCC3)C2)c1. The average Bonchev–Trinajstić information content (AvgIpc) is 2.82. The summed E-state index contributed by atoms with van der Waals surface area (Å²) >= 11 is 6.11. The van der Waals surface area contributed by atoms with Gasteiger partial charge in [-0.2, -0.15) is 0 Å². The van der Waals surface area contributed by atoms with Crippen molar-refractivity contribution in [3.8, 4) is 0 Å². The molecule has 2 fully saturated rings. The number of anilines is 1. The number of hydrogen-bond acceptors (Lipinski definition) is 2. The maximum atomic E-state index is 13.3. The van der Waals surface area contributed by atoms with Crippen LogP contribution in [0.4, 0.5) is 10.1 Å². The number of rotatable bonds is 2. The molecular weight excluding hydrogens is 265 g/mol. The third-order valence-corrected chi connectivity index (χ3v) is 4.63. The van der Waals surface area contributed by atoms with Crippen LogP contribution in [0.3, 0.4) is 0 Å². The van der Waals surface area contributed by atoms with E-state index in [1.165, 1.54) is 25.0 Å². The van der Waals surface area contributed by atoms with Gasteiger partial charge in [-0.1, -0.05) is 24.4 Å². The molecule has 1 spiro atoms. The molecule has 19 heavy (non-hydrogen) atoms. The molecule has 1 atom stereocenters. The van der Waals surface area contributed by atoms with E-state index in [0.717, 1.165) is 32.3 Å². The van der Waals surface area contributed by atoms with E-state index in [-0.39, 0.29) is 11.4 Å². The van der Waals surface area contributed by atoms with Crippen LogP contribution in [-0.2, 0) is 4.74 Å². The Morgan fingerprint density at radius 3 is 2.89 bits per heavy atom. The van der Waals surface area contributed by atoms with Crippen LogP contribution in [0.25, 0.3) is 0 Å². The number of ether oxygens (including phenoxy) is 1. The second kappa shape index (κ2) is 5.29. The minimum absolute atomic E-state index is 0.0652. The number of nitrogens with one attached hydrogen (secondary N) is 1. The van der Waals surface area contributed by atoms with E-state index in [2.05, 4.69) is 5.32 Å². The Hall–Kier alpha value is -0.800. The Kier molecular flexibility index (Phi) is 3.68. The highest BCUT2D eigenvalue weighted by atomic mass is 35.5. The van der Waals surface area contributed by atoms with E-state index in [4.69, 9.17) is 16.3 Å². The van der Waals surface area contributed by atoms with Crippen molar-refractivity contribution in [3.63, 3.8) is 0 Å². The predicted molar refractivity (Wildman–Crippen MR) is 75.2 cm³/mol. The van der Waals surface area contributed by atoms with E-state index in [0.29, 0.717) is 16.8 Å². The van der Waals surface area contributed by atoms with Gasteiger partial charge in [0.1, 0.15) is 5.82 Å². The summed E-state index contributed by atoms with van der Waals surface area (Å²) in [5.41, 5.74) is 0.761. The van der Waals surface area contributed by atoms with Gasteiger partial charge in [0.05, 0.1) is 16.3 Å². The summed E-state index contributed by atoms with van der Waals surface area (Å²) in [5, 5.41) is 3.97. The fourth-order valence-corrected chi connectivity index (χ4v) is 3.52. The van der Waals surface area contributed by atoms with Gasteiger partial charge in [-0.3, -0.25) is 0 Å². The van der Waals surface area contributed by atoms with E-state index < -0.39 is 0 Å². The second-order valence-electron chi connectivity index (χ2n) is 5.70. The van der Waals surface area contributed by atoms with Crippen molar-refractivity contribution in [2.75, 3.05) is 11.9 Å². The van der Waals surface area contributed by atoms with Gasteiger partial charge in [-0.15, -0.1) is 0 Å². The van der Waals surface area contributed by atoms with Gasteiger partial charge in [0.15, 0.2) is 0 Å². The van der Waals surface area contributed by atoms with Crippen molar-refractivity contribution in [2.24, 2.45) is 0 Å². The fourth-order valence-electron chi connectivity index (χ4n) is 3.35. The van der Waals surface area contributed by atoms with Gasteiger partial charge < -0.3 is 10.1 Å². The van der Waals surface area contributed by atoms with Crippen molar-refractivity contribution < 1.29 is 9.13 Å². The lowest BCUT2D eigenvalue weighted by molar-refractivity contribution is -0.0767. The molecule has 1 heterocycles. The summed E-state index contributed by atoms with van der Waals surface area (Å²) in [4.78, 5) is 0. The number of hydrogen-bond donors (Lipinski definition) is 1. The van der Waals surface area contributed by atoms with Gasteiger partial charge in [0, 0.05) is 12.6 Å². The van der Waals surface area contributed by atoms with Gasteiger partial charge in [-0.25, -0.2) is 4.39 Å². The van der Waals surface area contributed by atoms with Gasteiger partial charge in [0.25, 0.3) is 0 Å². The third kappa shape index (κ3) is 2.87. The topological polar surface area (TPSA) is 21.3 Å². The van der Waals surface area contributed by atoms with E-state index in [1.54, 1.807) is 6.07 Å². The second-order valence-corrected chi connectivity index (χ2v) is 6.10. The Labute approximate surface area is 118 Å². The van der Waals surface area contributed by atoms with Crippen LogP contribution in [0.15, 0.2) is 18.2 Å². The summed E-state index contributed by atoms with van der Waals surface area (Å²) in [6.45, 7) is 0.782. The molecule has 0 bridgehead atoms. The van der Waals surface area contributed by atoms with Crippen molar-refractivity contribution >= 4 is 17.3 Å². The van der Waals surface area contributed by atoms with Crippen LogP contribution in [0.1, 0.15) is 38.5 Å². The molecular formula is C15H19ClFNO. The standard InChI is InChI=1S/C15H19ClFNO/c16-13-4-3-11(17)9-14(13)18-12-5-8-19-15(10-12)6-1-2-7-15/h3-4,9,12,18H,1-2,5-8,10H2. The highest BCUT2D eigenvalue weighted by Gasteiger charge is 2.39. The lowest BCUT2D eigenvalue weighted by Crippen LogP contribution is -2.42. The summed E-state index contributed by atoms with van der Waals surface area (Å²) in [5.74, 6) is -0.255. The molecule has 1 aromatic carbocycles. The first-order valence-electron chi connectivity index (χ1n) is 7.02. The zero-order chi connectivity index (χ0) is 13.3. The van der Waals surface area contributed by atoms with E-state index >= 15 is 0 Å². The fraction of sp³-hybridized carbons (Fsp3) is 0.600. The molecule has 1 saturated carbocycles. The number of halogens is 2. The molecule has 0 radical (unpaired) electrons. The number of benzene rings is 1. The first-order valence-corrected chi connectivity index (χ1v) is 7.40. The largest absolute Gasteiger partial charge is 0.381 e. The summed E-state index contributed by atoms with van der Waals surface area (Å²) < 4.78 is 19.3. The zero-order valence-corrected chi connectivity index (χ0v) is 11.7. The molecule has 0 amide bonds. The van der Waals surface area contributed by atoms with E-state index in [1.807, 2.05) is 0 Å². The summed E-state index contributed by atoms with van der Waals surface area (Å²) in [7, 11) is 0. The quantitative estimate of drug-likeness (QED) is 0.869. The molecule has 3 rings (SSSR count). The molecule has 4 heteroatoms. The Morgan fingerprint density at radius 1 is 1.32 bits per heavy atom. The summed E-state index contributed by atoms with van der Waals surface area (Å²) in [6.07, 6.45) is 6.78. The lowest BCUT2D eigenvalue weighted by Gasteiger charge is -2.39. The maximum Gasteiger partial charge on any atom is 0.125 e. The summed E-state index contributed by atoms with van der Waals surface area (Å²) in [6, 6.07) is 4.78. The molecule has 1 saturated heterocycles. The zero-order valence-electron chi connectivity index (χ0n) is 10.9. The van der Waals surface area contributed by atoms with Gasteiger partial charge in [-0.05, 0) is 43.9 Å². The van der Waals surface area contributed by atoms with Crippen LogP contribution in [-0.4, -0.2) is 18.2 Å². The molecule has 1 aliphatic carbocycles. The van der Waals surface area contributed by atoms with Crippen molar-refractivity contribution in [2.45, 2.75) is 50.2 Å². The molecule has 2 nitrogen and oxygen atoms in total. The lowest BCUT2D eigenvalue weighted by atomic mass is 9.89. The van der Waals surface area contributed by atoms with Crippen LogP contribution in [0.2, 0.25) is 5.02 Å². The van der Waals surface area contributed by atoms with Crippen LogP contribution in [0.5, 0.6) is 0 Å². The average molecular weight is 284 g/mol. The molecule has 0 aromatic heterocycles. The first kappa shape index (κ1) is 13.2. The van der Waals surface area contributed by atoms with Crippen molar-refractivity contribution in [1.82, 2.24) is 0 Å². The van der Waals surface area contributed by atoms with Crippen LogP contribution >= 0.6 is 11.6 Å². The van der Waals surface area contributed by atoms with Gasteiger partial charge >= 0.3 is 0 Å². The molecule has 1 unspecified atom stereocenters. The van der Waals surface area contributed by atoms with Crippen molar-refractivity contribution in [1.29, 1.82) is 0 Å². The smallest absolute Gasteiger partial charge is 0.125 e. The van der Waals surface area contributed by atoms with Crippen molar-refractivity contribution in [3.05, 3.63) is 29.0 Å². The molecule has 1 aromatic rings. The molecule has 2 aliphatic rings. The normalized spacial score (nSPS) is 25.7. The van der Waals surface area contributed by atoms with Crippen LogP contribution < -0.4 is 5.32 Å². The Bertz CT molecular complexity index is 459. The first-order chi connectivity index (χ1) is 9.17. The highest BCUT2D eigenvalue weighted by Crippen LogP contribution is 2.41.